The zero-order valence-corrected chi connectivity index (χ0v) is 24.4. The van der Waals surface area contributed by atoms with Gasteiger partial charge in [0.1, 0.15) is 6.54 Å². The van der Waals surface area contributed by atoms with Gasteiger partial charge in [-0.1, -0.05) is 74.8 Å². The number of alkyl halides is 2. The highest BCUT2D eigenvalue weighted by Gasteiger charge is 2.45. The quantitative estimate of drug-likeness (QED) is 0.262. The fourth-order valence-electron chi connectivity index (χ4n) is 4.03. The molecule has 0 saturated carbocycles. The molecule has 13 heteroatoms. The summed E-state index contributed by atoms with van der Waals surface area (Å²) in [5.41, 5.74) is 4.66. The minimum Gasteiger partial charge on any atom is -0.434 e. The lowest BCUT2D eigenvalue weighted by molar-refractivity contribution is -0.131. The summed E-state index contributed by atoms with van der Waals surface area (Å²) in [6.07, 6.45) is -4.82. The first-order valence-corrected chi connectivity index (χ1v) is 13.8. The summed E-state index contributed by atoms with van der Waals surface area (Å²) < 4.78 is 36.0. The molecular formula is C29H37ClF2N4O6. The molecule has 1 aliphatic heterocycles. The number of benzene rings is 2. The number of alkyl carbamates (subject to hydrolysis) is 1. The minimum absolute atomic E-state index is 0.00318. The largest absolute Gasteiger partial charge is 0.434 e. The van der Waals surface area contributed by atoms with Gasteiger partial charge in [0.15, 0.2) is 12.2 Å². The highest BCUT2D eigenvalue weighted by molar-refractivity contribution is 6.30. The molecular weight excluding hydrogens is 574 g/mol. The van der Waals surface area contributed by atoms with E-state index in [1.54, 1.807) is 6.07 Å². The Morgan fingerprint density at radius 1 is 1.14 bits per heavy atom. The Balaban J connectivity index is 0.00000144. The van der Waals surface area contributed by atoms with Crippen LogP contribution in [0.15, 0.2) is 54.6 Å². The molecule has 2 aromatic carbocycles. The third-order valence-corrected chi connectivity index (χ3v) is 6.21. The van der Waals surface area contributed by atoms with Gasteiger partial charge in [-0.2, -0.15) is 8.78 Å². The zero-order valence-electron chi connectivity index (χ0n) is 23.6. The number of rotatable bonds is 11. The number of aliphatic hydroxyl groups is 1. The Labute approximate surface area is 248 Å². The Kier molecular flexibility index (Phi) is 13.1. The number of carbonyl (C=O) groups is 4. The second-order valence-electron chi connectivity index (χ2n) is 10.4. The summed E-state index contributed by atoms with van der Waals surface area (Å²) in [5.74, 6) is -5.70. The van der Waals surface area contributed by atoms with Gasteiger partial charge in [-0.3, -0.25) is 14.4 Å². The molecule has 6 N–H and O–H groups in total. The van der Waals surface area contributed by atoms with Crippen LogP contribution in [0.1, 0.15) is 50.8 Å². The van der Waals surface area contributed by atoms with Crippen LogP contribution in [0.5, 0.6) is 0 Å². The van der Waals surface area contributed by atoms with E-state index in [2.05, 4.69) is 36.7 Å². The van der Waals surface area contributed by atoms with Crippen LogP contribution in [-0.4, -0.2) is 54.2 Å². The van der Waals surface area contributed by atoms with Crippen molar-refractivity contribution < 1.29 is 37.8 Å². The number of amides is 4. The van der Waals surface area contributed by atoms with E-state index in [9.17, 15) is 24.3 Å². The van der Waals surface area contributed by atoms with Crippen LogP contribution in [0.2, 0.25) is 5.02 Å². The van der Waals surface area contributed by atoms with Gasteiger partial charge in [0.05, 0.1) is 6.04 Å². The first kappa shape index (κ1) is 34.4. The van der Waals surface area contributed by atoms with Crippen molar-refractivity contribution in [3.8, 4) is 0 Å². The van der Waals surface area contributed by atoms with Crippen molar-refractivity contribution in [2.24, 2.45) is 17.6 Å². The van der Waals surface area contributed by atoms with Gasteiger partial charge in [-0.25, -0.2) is 4.79 Å². The second kappa shape index (κ2) is 16.0. The lowest BCUT2D eigenvalue weighted by Crippen LogP contribution is -2.52. The maximum absolute atomic E-state index is 15.5. The molecule has 10 nitrogen and oxygen atoms in total. The van der Waals surface area contributed by atoms with E-state index in [-0.39, 0.29) is 22.9 Å². The molecule has 1 fully saturated rings. The predicted molar refractivity (Wildman–Crippen MR) is 152 cm³/mol. The maximum Gasteiger partial charge on any atom is 0.408 e. The molecule has 3 rings (SSSR count). The number of hydrogen-bond donors (Lipinski definition) is 5. The zero-order chi connectivity index (χ0) is 31.4. The standard InChI is InChI=1S/C25H27ClF2N4O6.C4H10/c26-17-8-4-7-16(12-17)25(27,28)21(14-5-2-1-3-6-14)38-24(37)31-13-19(33)32-18(20(34)22(29)35)11-15-9-10-30-23(15)36;1-4(2)3/h1-8,12,15,18,20-21,34H,9-11,13H2,(H2,29,35)(H,30,36)(H,31,37)(H,32,33);4H,1-3H3. The summed E-state index contributed by atoms with van der Waals surface area (Å²) in [5, 5.41) is 17.2. The number of nitrogens with two attached hydrogens (primary N) is 1. The van der Waals surface area contributed by atoms with E-state index >= 15 is 8.78 Å². The fourth-order valence-corrected chi connectivity index (χ4v) is 4.22. The summed E-state index contributed by atoms with van der Waals surface area (Å²) in [7, 11) is 0. The topological polar surface area (TPSA) is 160 Å². The molecule has 0 bridgehead atoms. The van der Waals surface area contributed by atoms with E-state index in [0.717, 1.165) is 18.1 Å². The first-order valence-electron chi connectivity index (χ1n) is 13.4. The smallest absolute Gasteiger partial charge is 0.408 e. The number of halogens is 3. The van der Waals surface area contributed by atoms with Crippen molar-refractivity contribution in [2.45, 2.75) is 57.8 Å². The average Bonchev–Trinajstić information content (AvgIpc) is 3.33. The molecule has 4 unspecified atom stereocenters. The SMILES string of the molecule is CC(C)C.NC(=O)C(O)C(CC1CCNC1=O)NC(=O)CNC(=O)OC(c1ccccc1)C(F)(F)c1cccc(Cl)c1. The van der Waals surface area contributed by atoms with Gasteiger partial charge in [-0.15, -0.1) is 0 Å². The van der Waals surface area contributed by atoms with Crippen molar-refractivity contribution in [3.05, 3.63) is 70.7 Å². The van der Waals surface area contributed by atoms with Crippen LogP contribution in [-0.2, 0) is 25.0 Å². The highest BCUT2D eigenvalue weighted by Crippen LogP contribution is 2.43. The van der Waals surface area contributed by atoms with Gasteiger partial charge in [-0.05, 0) is 36.5 Å². The van der Waals surface area contributed by atoms with Crippen LogP contribution in [0.3, 0.4) is 0 Å². The predicted octanol–water partition coefficient (Wildman–Crippen LogP) is 3.42. The third kappa shape index (κ3) is 10.6. The average molecular weight is 611 g/mol. The van der Waals surface area contributed by atoms with Crippen molar-refractivity contribution in [1.82, 2.24) is 16.0 Å². The van der Waals surface area contributed by atoms with E-state index < -0.39 is 60.1 Å². The van der Waals surface area contributed by atoms with Crippen molar-refractivity contribution >= 4 is 35.4 Å². The van der Waals surface area contributed by atoms with Crippen LogP contribution < -0.4 is 21.7 Å². The van der Waals surface area contributed by atoms with Gasteiger partial charge in [0, 0.05) is 23.0 Å². The minimum atomic E-state index is -3.69. The van der Waals surface area contributed by atoms with Gasteiger partial charge in [0.2, 0.25) is 17.7 Å². The molecule has 42 heavy (non-hydrogen) atoms. The van der Waals surface area contributed by atoms with Crippen LogP contribution in [0.25, 0.3) is 0 Å². The van der Waals surface area contributed by atoms with Crippen LogP contribution >= 0.6 is 11.6 Å². The summed E-state index contributed by atoms with van der Waals surface area (Å²) in [6.45, 7) is 6.18. The number of primary amides is 1. The van der Waals surface area contributed by atoms with Gasteiger partial charge >= 0.3 is 12.0 Å². The molecule has 0 radical (unpaired) electrons. The molecule has 0 spiro atoms. The Bertz CT molecular complexity index is 1210. The second-order valence-corrected chi connectivity index (χ2v) is 10.9. The molecule has 0 aromatic heterocycles. The molecule has 0 aliphatic carbocycles. The monoisotopic (exact) mass is 610 g/mol. The third-order valence-electron chi connectivity index (χ3n) is 5.98. The number of carbonyl (C=O) groups excluding carboxylic acids is 4. The van der Waals surface area contributed by atoms with Crippen LogP contribution in [0, 0.1) is 11.8 Å². The molecule has 4 amide bonds. The molecule has 4 atom stereocenters. The Hall–Kier alpha value is -3.77. The summed E-state index contributed by atoms with van der Waals surface area (Å²) in [4.78, 5) is 48.3. The lowest BCUT2D eigenvalue weighted by Gasteiger charge is -2.28. The van der Waals surface area contributed by atoms with Gasteiger partial charge < -0.3 is 31.5 Å². The van der Waals surface area contributed by atoms with Crippen molar-refractivity contribution in [2.75, 3.05) is 13.1 Å². The molecule has 2 aromatic rings. The van der Waals surface area contributed by atoms with E-state index in [4.69, 9.17) is 22.1 Å². The van der Waals surface area contributed by atoms with Gasteiger partial charge in [0.25, 0.3) is 0 Å². The number of hydrogen-bond acceptors (Lipinski definition) is 6. The van der Waals surface area contributed by atoms with Crippen LogP contribution in [0.4, 0.5) is 13.6 Å². The lowest BCUT2D eigenvalue weighted by atomic mass is 9.94. The summed E-state index contributed by atoms with van der Waals surface area (Å²) >= 11 is 5.87. The van der Waals surface area contributed by atoms with E-state index in [0.29, 0.717) is 13.0 Å². The number of nitrogens with one attached hydrogen (secondary N) is 3. The van der Waals surface area contributed by atoms with Crippen molar-refractivity contribution in [3.63, 3.8) is 0 Å². The summed E-state index contributed by atoms with van der Waals surface area (Å²) in [6, 6.07) is 11.1. The maximum atomic E-state index is 15.5. The Morgan fingerprint density at radius 2 is 1.79 bits per heavy atom. The normalized spacial score (nSPS) is 16.8. The fraction of sp³-hybridized carbons (Fsp3) is 0.448. The van der Waals surface area contributed by atoms with E-state index in [1.807, 2.05) is 0 Å². The first-order chi connectivity index (χ1) is 19.7. The van der Waals surface area contributed by atoms with Crippen molar-refractivity contribution in [1.29, 1.82) is 0 Å². The highest BCUT2D eigenvalue weighted by atomic mass is 35.5. The Morgan fingerprint density at radius 3 is 2.33 bits per heavy atom. The molecule has 1 saturated heterocycles. The number of ether oxygens (including phenoxy) is 1. The molecule has 1 heterocycles. The number of aliphatic hydroxyl groups excluding tert-OH is 1. The molecule has 1 aliphatic rings. The molecule has 230 valence electrons. The van der Waals surface area contributed by atoms with E-state index in [1.165, 1.54) is 36.4 Å².